The van der Waals surface area contributed by atoms with E-state index >= 15 is 0 Å². The normalized spacial score (nSPS) is 11.8. The Labute approximate surface area is 132 Å². The lowest BCUT2D eigenvalue weighted by Crippen LogP contribution is -2.20. The van der Waals surface area contributed by atoms with Crippen LogP contribution < -0.4 is 10.1 Å². The maximum atomic E-state index is 11.9. The molecule has 1 atom stereocenters. The molecule has 3 heteroatoms. The fraction of sp³-hybridized carbons (Fsp3) is 0.316. The number of ether oxygens (including phenoxy) is 1. The highest BCUT2D eigenvalue weighted by molar-refractivity contribution is 5.91. The van der Waals surface area contributed by atoms with Gasteiger partial charge in [-0.3, -0.25) is 4.79 Å². The van der Waals surface area contributed by atoms with Crippen molar-refractivity contribution in [2.24, 2.45) is 0 Å². The van der Waals surface area contributed by atoms with Gasteiger partial charge in [0.1, 0.15) is 5.75 Å². The van der Waals surface area contributed by atoms with Gasteiger partial charge in [-0.15, -0.1) is 0 Å². The van der Waals surface area contributed by atoms with Gasteiger partial charge in [-0.2, -0.15) is 0 Å². The Bertz CT molecular complexity index is 620. The van der Waals surface area contributed by atoms with Crippen LogP contribution in [0.1, 0.15) is 37.3 Å². The molecule has 22 heavy (non-hydrogen) atoms. The quantitative estimate of drug-likeness (QED) is 0.851. The second-order valence-electron chi connectivity index (χ2n) is 5.58. The monoisotopic (exact) mass is 297 g/mol. The molecule has 2 aromatic rings. The molecule has 1 amide bonds. The van der Waals surface area contributed by atoms with E-state index in [1.165, 1.54) is 5.56 Å². The van der Waals surface area contributed by atoms with Crippen molar-refractivity contribution >= 4 is 11.6 Å². The molecule has 0 aliphatic rings. The first-order chi connectivity index (χ1) is 10.6. The number of aryl methyl sites for hydroxylation is 1. The van der Waals surface area contributed by atoms with E-state index in [0.717, 1.165) is 17.7 Å². The summed E-state index contributed by atoms with van der Waals surface area (Å²) < 4.78 is 5.53. The first kappa shape index (κ1) is 16.1. The molecule has 0 spiro atoms. The summed E-state index contributed by atoms with van der Waals surface area (Å²) in [5.74, 6) is 1.10. The average Bonchev–Trinajstić information content (AvgIpc) is 2.52. The highest BCUT2D eigenvalue weighted by Gasteiger charge is 2.06. The molecule has 2 rings (SSSR count). The van der Waals surface area contributed by atoms with Crippen molar-refractivity contribution in [1.29, 1.82) is 0 Å². The summed E-state index contributed by atoms with van der Waals surface area (Å²) in [6.45, 7) is 6.37. The van der Waals surface area contributed by atoms with Crippen molar-refractivity contribution in [2.75, 3.05) is 11.9 Å². The Morgan fingerprint density at radius 2 is 1.91 bits per heavy atom. The van der Waals surface area contributed by atoms with Gasteiger partial charge in [0, 0.05) is 5.69 Å². The van der Waals surface area contributed by atoms with Gasteiger partial charge in [0.15, 0.2) is 6.61 Å². The van der Waals surface area contributed by atoms with E-state index in [1.807, 2.05) is 43.3 Å². The first-order valence-electron chi connectivity index (χ1n) is 7.67. The van der Waals surface area contributed by atoms with Crippen molar-refractivity contribution < 1.29 is 9.53 Å². The van der Waals surface area contributed by atoms with Crippen LogP contribution in [-0.4, -0.2) is 12.5 Å². The van der Waals surface area contributed by atoms with E-state index in [2.05, 4.69) is 31.3 Å². The van der Waals surface area contributed by atoms with Gasteiger partial charge in [-0.1, -0.05) is 38.1 Å². The number of carbonyl (C=O) groups is 1. The van der Waals surface area contributed by atoms with Crippen LogP contribution in [0.15, 0.2) is 48.5 Å². The van der Waals surface area contributed by atoms with Gasteiger partial charge < -0.3 is 10.1 Å². The molecule has 0 bridgehead atoms. The molecular weight excluding hydrogens is 274 g/mol. The molecule has 0 heterocycles. The summed E-state index contributed by atoms with van der Waals surface area (Å²) in [7, 11) is 0. The number of hydrogen-bond acceptors (Lipinski definition) is 2. The molecule has 0 aromatic heterocycles. The van der Waals surface area contributed by atoms with E-state index in [0.29, 0.717) is 11.7 Å². The number of amides is 1. The highest BCUT2D eigenvalue weighted by atomic mass is 16.5. The van der Waals surface area contributed by atoms with E-state index in [9.17, 15) is 4.79 Å². The fourth-order valence-corrected chi connectivity index (χ4v) is 2.20. The molecule has 1 N–H and O–H groups in total. The smallest absolute Gasteiger partial charge is 0.262 e. The van der Waals surface area contributed by atoms with Crippen molar-refractivity contribution in [1.82, 2.24) is 0 Å². The third-order valence-electron chi connectivity index (χ3n) is 3.73. The lowest BCUT2D eigenvalue weighted by molar-refractivity contribution is -0.118. The van der Waals surface area contributed by atoms with Crippen LogP contribution in [0.5, 0.6) is 5.75 Å². The maximum Gasteiger partial charge on any atom is 0.262 e. The summed E-state index contributed by atoms with van der Waals surface area (Å²) in [4.78, 5) is 11.9. The molecule has 0 saturated carbocycles. The number of rotatable bonds is 6. The second kappa shape index (κ2) is 7.64. The third-order valence-corrected chi connectivity index (χ3v) is 3.73. The van der Waals surface area contributed by atoms with E-state index in [4.69, 9.17) is 4.74 Å². The molecule has 0 radical (unpaired) electrons. The van der Waals surface area contributed by atoms with E-state index in [1.54, 1.807) is 0 Å². The Morgan fingerprint density at radius 1 is 1.18 bits per heavy atom. The predicted octanol–water partition coefficient (Wildman–Crippen LogP) is 4.53. The highest BCUT2D eigenvalue weighted by Crippen LogP contribution is 2.21. The number of carbonyl (C=O) groups excluding carboxylic acids is 1. The molecular formula is C19H23NO2. The summed E-state index contributed by atoms with van der Waals surface area (Å²) in [5.41, 5.74) is 3.19. The summed E-state index contributed by atoms with van der Waals surface area (Å²) in [6.07, 6.45) is 1.11. The lowest BCUT2D eigenvalue weighted by atomic mass is 9.99. The summed E-state index contributed by atoms with van der Waals surface area (Å²) in [5, 5.41) is 2.83. The largest absolute Gasteiger partial charge is 0.484 e. The minimum absolute atomic E-state index is 0.0105. The van der Waals surface area contributed by atoms with Gasteiger partial charge in [-0.05, 0) is 54.7 Å². The molecule has 0 unspecified atom stereocenters. The van der Waals surface area contributed by atoms with Crippen LogP contribution in [0, 0.1) is 6.92 Å². The van der Waals surface area contributed by atoms with Gasteiger partial charge in [0.25, 0.3) is 5.91 Å². The Morgan fingerprint density at radius 3 is 2.55 bits per heavy atom. The zero-order chi connectivity index (χ0) is 15.9. The van der Waals surface area contributed by atoms with Gasteiger partial charge in [0.05, 0.1) is 0 Å². The van der Waals surface area contributed by atoms with Crippen molar-refractivity contribution in [2.45, 2.75) is 33.1 Å². The Kier molecular flexibility index (Phi) is 5.59. The van der Waals surface area contributed by atoms with Gasteiger partial charge in [0.2, 0.25) is 0 Å². The minimum Gasteiger partial charge on any atom is -0.484 e. The zero-order valence-corrected chi connectivity index (χ0v) is 13.4. The SMILES string of the molecule is CC[C@H](C)c1ccc(OCC(=O)Nc2cccc(C)c2)cc1. The summed E-state index contributed by atoms with van der Waals surface area (Å²) in [6, 6.07) is 15.7. The van der Waals surface area contributed by atoms with Crippen LogP contribution in [-0.2, 0) is 4.79 Å². The van der Waals surface area contributed by atoms with Crippen LogP contribution in [0.3, 0.4) is 0 Å². The molecule has 116 valence electrons. The minimum atomic E-state index is -0.156. The number of hydrogen-bond donors (Lipinski definition) is 1. The average molecular weight is 297 g/mol. The zero-order valence-electron chi connectivity index (χ0n) is 13.4. The molecule has 0 fully saturated rings. The predicted molar refractivity (Wildman–Crippen MR) is 90.5 cm³/mol. The second-order valence-corrected chi connectivity index (χ2v) is 5.58. The molecule has 0 saturated heterocycles. The molecule has 0 aliphatic heterocycles. The fourth-order valence-electron chi connectivity index (χ4n) is 2.20. The van der Waals surface area contributed by atoms with Crippen molar-refractivity contribution in [3.63, 3.8) is 0 Å². The van der Waals surface area contributed by atoms with Crippen LogP contribution >= 0.6 is 0 Å². The topological polar surface area (TPSA) is 38.3 Å². The van der Waals surface area contributed by atoms with E-state index < -0.39 is 0 Å². The number of benzene rings is 2. The Hall–Kier alpha value is -2.29. The van der Waals surface area contributed by atoms with Gasteiger partial charge >= 0.3 is 0 Å². The number of anilines is 1. The molecule has 0 aliphatic carbocycles. The molecule has 3 nitrogen and oxygen atoms in total. The van der Waals surface area contributed by atoms with Crippen LogP contribution in [0.4, 0.5) is 5.69 Å². The first-order valence-corrected chi connectivity index (χ1v) is 7.67. The lowest BCUT2D eigenvalue weighted by Gasteiger charge is -2.11. The Balaban J connectivity index is 1.86. The van der Waals surface area contributed by atoms with Gasteiger partial charge in [-0.25, -0.2) is 0 Å². The summed E-state index contributed by atoms with van der Waals surface area (Å²) >= 11 is 0. The third kappa shape index (κ3) is 4.62. The van der Waals surface area contributed by atoms with Crippen molar-refractivity contribution in [3.05, 3.63) is 59.7 Å². The van der Waals surface area contributed by atoms with Crippen LogP contribution in [0.25, 0.3) is 0 Å². The number of nitrogens with one attached hydrogen (secondary N) is 1. The van der Waals surface area contributed by atoms with Crippen molar-refractivity contribution in [3.8, 4) is 5.75 Å². The van der Waals surface area contributed by atoms with Crippen LogP contribution in [0.2, 0.25) is 0 Å². The standard InChI is InChI=1S/C19H23NO2/c1-4-15(3)16-8-10-18(11-9-16)22-13-19(21)20-17-7-5-6-14(2)12-17/h5-12,15H,4,13H2,1-3H3,(H,20,21)/t15-/m0/s1. The maximum absolute atomic E-state index is 11.9. The van der Waals surface area contributed by atoms with E-state index in [-0.39, 0.29) is 12.5 Å². The molecule has 2 aromatic carbocycles.